The van der Waals surface area contributed by atoms with Gasteiger partial charge in [0.15, 0.2) is 0 Å². The maximum absolute atomic E-state index is 11.9. The smallest absolute Gasteiger partial charge is 0.410 e. The van der Waals surface area contributed by atoms with E-state index in [2.05, 4.69) is 5.32 Å². The minimum absolute atomic E-state index is 0.169. The van der Waals surface area contributed by atoms with Crippen molar-refractivity contribution < 1.29 is 19.4 Å². The molecular formula is C12H22N2O4. The monoisotopic (exact) mass is 258 g/mol. The summed E-state index contributed by atoms with van der Waals surface area (Å²) in [6, 6.07) is 0. The van der Waals surface area contributed by atoms with Crippen molar-refractivity contribution in [2.45, 2.75) is 39.2 Å². The molecule has 6 heteroatoms. The molecular weight excluding hydrogens is 236 g/mol. The van der Waals surface area contributed by atoms with E-state index in [4.69, 9.17) is 9.84 Å². The predicted molar refractivity (Wildman–Crippen MR) is 66.6 cm³/mol. The summed E-state index contributed by atoms with van der Waals surface area (Å²) >= 11 is 0. The molecule has 0 aromatic rings. The molecule has 1 aliphatic heterocycles. The predicted octanol–water partition coefficient (Wildman–Crippen LogP) is 1.90. The van der Waals surface area contributed by atoms with E-state index in [1.54, 1.807) is 4.90 Å². The normalized spacial score (nSPS) is 20.4. The second kappa shape index (κ2) is 5.93. The van der Waals surface area contributed by atoms with E-state index < -0.39 is 11.7 Å². The van der Waals surface area contributed by atoms with Gasteiger partial charge in [0.05, 0.1) is 0 Å². The lowest BCUT2D eigenvalue weighted by molar-refractivity contribution is 0.0167. The van der Waals surface area contributed by atoms with Crippen molar-refractivity contribution in [1.29, 1.82) is 0 Å². The molecule has 18 heavy (non-hydrogen) atoms. The minimum atomic E-state index is -1.02. The zero-order valence-electron chi connectivity index (χ0n) is 11.2. The van der Waals surface area contributed by atoms with Crippen LogP contribution in [0, 0.1) is 5.92 Å². The molecule has 0 aromatic carbocycles. The third-order valence-corrected chi connectivity index (χ3v) is 2.71. The van der Waals surface area contributed by atoms with E-state index in [9.17, 15) is 9.59 Å². The van der Waals surface area contributed by atoms with Crippen molar-refractivity contribution in [3.05, 3.63) is 0 Å². The van der Waals surface area contributed by atoms with Gasteiger partial charge in [0.2, 0.25) is 0 Å². The first kappa shape index (κ1) is 14.6. The Labute approximate surface area is 107 Å². The van der Waals surface area contributed by atoms with Crippen LogP contribution in [0.25, 0.3) is 0 Å². The summed E-state index contributed by atoms with van der Waals surface area (Å²) in [7, 11) is 0. The average molecular weight is 258 g/mol. The molecule has 1 atom stereocenters. The molecule has 104 valence electrons. The number of carboxylic acid groups (broad SMARTS) is 1. The largest absolute Gasteiger partial charge is 0.465 e. The van der Waals surface area contributed by atoms with Gasteiger partial charge in [-0.3, -0.25) is 0 Å². The lowest BCUT2D eigenvalue weighted by Crippen LogP contribution is -2.45. The number of hydrogen-bond donors (Lipinski definition) is 2. The number of amides is 2. The van der Waals surface area contributed by atoms with Crippen molar-refractivity contribution in [3.63, 3.8) is 0 Å². The number of nitrogens with one attached hydrogen (secondary N) is 1. The van der Waals surface area contributed by atoms with Gasteiger partial charge >= 0.3 is 12.2 Å². The Bertz CT molecular complexity index is 312. The van der Waals surface area contributed by atoms with Gasteiger partial charge < -0.3 is 20.1 Å². The third-order valence-electron chi connectivity index (χ3n) is 2.71. The highest BCUT2D eigenvalue weighted by atomic mass is 16.6. The van der Waals surface area contributed by atoms with E-state index in [0.29, 0.717) is 19.6 Å². The van der Waals surface area contributed by atoms with Crippen LogP contribution in [0.1, 0.15) is 33.6 Å². The number of nitrogens with zero attached hydrogens (tertiary/aromatic N) is 1. The van der Waals surface area contributed by atoms with Crippen molar-refractivity contribution in [2.24, 2.45) is 5.92 Å². The molecule has 0 bridgehead atoms. The van der Waals surface area contributed by atoms with Gasteiger partial charge in [0.1, 0.15) is 5.60 Å². The Balaban J connectivity index is 2.43. The summed E-state index contributed by atoms with van der Waals surface area (Å²) in [6.07, 6.45) is 0.469. The highest BCUT2D eigenvalue weighted by Crippen LogP contribution is 2.18. The lowest BCUT2D eigenvalue weighted by Gasteiger charge is -2.34. The minimum Gasteiger partial charge on any atom is -0.465 e. The second-order valence-electron chi connectivity index (χ2n) is 5.62. The molecule has 0 aromatic heterocycles. The van der Waals surface area contributed by atoms with E-state index in [1.165, 1.54) is 0 Å². The van der Waals surface area contributed by atoms with Gasteiger partial charge in [-0.2, -0.15) is 0 Å². The average Bonchev–Trinajstić information content (AvgIpc) is 2.24. The molecule has 2 N–H and O–H groups in total. The Morgan fingerprint density at radius 1 is 1.44 bits per heavy atom. The van der Waals surface area contributed by atoms with Gasteiger partial charge in [-0.1, -0.05) is 0 Å². The Kier molecular flexibility index (Phi) is 4.81. The summed E-state index contributed by atoms with van der Waals surface area (Å²) in [6.45, 7) is 7.11. The quantitative estimate of drug-likeness (QED) is 0.793. The maximum Gasteiger partial charge on any atom is 0.410 e. The molecule has 1 rings (SSSR count). The van der Waals surface area contributed by atoms with Crippen molar-refractivity contribution in [1.82, 2.24) is 10.2 Å². The number of rotatable bonds is 2. The number of ether oxygens (including phenoxy) is 1. The van der Waals surface area contributed by atoms with Crippen molar-refractivity contribution in [3.8, 4) is 0 Å². The number of carbonyl (C=O) groups excluding carboxylic acids is 1. The van der Waals surface area contributed by atoms with Gasteiger partial charge in [-0.25, -0.2) is 9.59 Å². The van der Waals surface area contributed by atoms with Crippen LogP contribution < -0.4 is 5.32 Å². The summed E-state index contributed by atoms with van der Waals surface area (Å²) in [5, 5.41) is 10.9. The van der Waals surface area contributed by atoms with Crippen molar-refractivity contribution >= 4 is 12.2 Å². The molecule has 0 aliphatic carbocycles. The van der Waals surface area contributed by atoms with Crippen LogP contribution in [-0.2, 0) is 4.74 Å². The molecule has 1 aliphatic rings. The number of likely N-dealkylation sites (tertiary alicyclic amines) is 1. The first-order valence-corrected chi connectivity index (χ1v) is 6.22. The summed E-state index contributed by atoms with van der Waals surface area (Å²) < 4.78 is 5.30. The topological polar surface area (TPSA) is 78.9 Å². The molecule has 1 heterocycles. The number of hydrogen-bond acceptors (Lipinski definition) is 3. The van der Waals surface area contributed by atoms with Crippen LogP contribution in [0.3, 0.4) is 0 Å². The second-order valence-corrected chi connectivity index (χ2v) is 5.62. The lowest BCUT2D eigenvalue weighted by atomic mass is 9.98. The van der Waals surface area contributed by atoms with E-state index in [0.717, 1.165) is 12.8 Å². The molecule has 0 radical (unpaired) electrons. The zero-order chi connectivity index (χ0) is 13.8. The Hall–Kier alpha value is -1.46. The van der Waals surface area contributed by atoms with E-state index in [-0.39, 0.29) is 12.0 Å². The molecule has 0 saturated carbocycles. The molecule has 1 fully saturated rings. The van der Waals surface area contributed by atoms with Gasteiger partial charge in [0.25, 0.3) is 0 Å². The number of carbonyl (C=O) groups is 2. The molecule has 6 nitrogen and oxygen atoms in total. The van der Waals surface area contributed by atoms with Crippen LogP contribution in [0.5, 0.6) is 0 Å². The van der Waals surface area contributed by atoms with Crippen LogP contribution in [0.2, 0.25) is 0 Å². The molecule has 0 spiro atoms. The van der Waals surface area contributed by atoms with Crippen LogP contribution in [-0.4, -0.2) is 47.4 Å². The fraction of sp³-hybridized carbons (Fsp3) is 0.833. The Morgan fingerprint density at radius 3 is 2.67 bits per heavy atom. The van der Waals surface area contributed by atoms with Crippen LogP contribution in [0.15, 0.2) is 0 Å². The Morgan fingerprint density at radius 2 is 2.11 bits per heavy atom. The SMILES string of the molecule is CC(C)(C)OC(=O)N1CCC[C@H](CNC(=O)O)C1. The fourth-order valence-electron chi connectivity index (χ4n) is 1.96. The van der Waals surface area contributed by atoms with Crippen LogP contribution in [0.4, 0.5) is 9.59 Å². The van der Waals surface area contributed by atoms with E-state index in [1.807, 2.05) is 20.8 Å². The number of piperidine rings is 1. The zero-order valence-corrected chi connectivity index (χ0v) is 11.2. The third kappa shape index (κ3) is 5.25. The summed E-state index contributed by atoms with van der Waals surface area (Å²) in [5.41, 5.74) is -0.497. The van der Waals surface area contributed by atoms with Crippen molar-refractivity contribution in [2.75, 3.05) is 19.6 Å². The fourth-order valence-corrected chi connectivity index (χ4v) is 1.96. The highest BCUT2D eigenvalue weighted by Gasteiger charge is 2.27. The molecule has 0 unspecified atom stereocenters. The highest BCUT2D eigenvalue weighted by molar-refractivity contribution is 5.68. The summed E-state index contributed by atoms with van der Waals surface area (Å²) in [4.78, 5) is 23.9. The van der Waals surface area contributed by atoms with Gasteiger partial charge in [-0.15, -0.1) is 0 Å². The summed E-state index contributed by atoms with van der Waals surface area (Å²) in [5.74, 6) is 0.169. The standard InChI is InChI=1S/C12H22N2O4/c1-12(2,3)18-11(17)14-6-4-5-9(8-14)7-13-10(15)16/h9,13H,4-8H2,1-3H3,(H,15,16)/t9-/m1/s1. The van der Waals surface area contributed by atoms with E-state index >= 15 is 0 Å². The first-order chi connectivity index (χ1) is 8.28. The van der Waals surface area contributed by atoms with Gasteiger partial charge in [0, 0.05) is 19.6 Å². The molecule has 2 amide bonds. The first-order valence-electron chi connectivity index (χ1n) is 6.22. The molecule has 1 saturated heterocycles. The maximum atomic E-state index is 11.9. The van der Waals surface area contributed by atoms with Crippen LogP contribution >= 0.6 is 0 Å². The van der Waals surface area contributed by atoms with Gasteiger partial charge in [-0.05, 0) is 39.5 Å².